The SMILES string of the molecule is CCCCCCC1(CCCCCC)c2ccccc2-c2ccc(C#[C][Hg][CH3])cc21. The second-order valence-electron chi connectivity index (χ2n) is 8.66. The molecule has 0 radical (unpaired) electrons. The standard InChI is InChI=1S/C27H33.CH3.Hg/c1-4-7-9-13-19-27(20-14-10-8-5-2)25-16-12-11-15-23(25)24-18-17-22(6-3)21-26(24)27;;/h11-12,15-18,21H,4-5,7-10,13-14,19-20H2,1-2H3;1H3;. The van der Waals surface area contributed by atoms with E-state index in [1.54, 1.807) is 11.1 Å². The Labute approximate surface area is 191 Å². The van der Waals surface area contributed by atoms with Crippen molar-refractivity contribution in [1.29, 1.82) is 0 Å². The summed E-state index contributed by atoms with van der Waals surface area (Å²) in [4.78, 5) is 0. The Hall–Kier alpha value is -1.06. The summed E-state index contributed by atoms with van der Waals surface area (Å²) in [6.07, 6.45) is 13.3. The molecule has 1 aliphatic rings. The van der Waals surface area contributed by atoms with E-state index in [-0.39, 0.29) is 5.41 Å². The third kappa shape index (κ3) is 5.17. The van der Waals surface area contributed by atoms with Crippen molar-refractivity contribution >= 4 is 0 Å². The van der Waals surface area contributed by atoms with Gasteiger partial charge in [-0.25, -0.2) is 0 Å². The van der Waals surface area contributed by atoms with Gasteiger partial charge in [-0.1, -0.05) is 0 Å². The van der Waals surface area contributed by atoms with E-state index in [1.165, 1.54) is 80.9 Å². The molecule has 0 amide bonds. The Morgan fingerprint density at radius 2 is 1.41 bits per heavy atom. The molecule has 0 saturated heterocycles. The van der Waals surface area contributed by atoms with E-state index in [1.807, 2.05) is 0 Å². The van der Waals surface area contributed by atoms with Crippen LogP contribution in [0.25, 0.3) is 11.1 Å². The summed E-state index contributed by atoms with van der Waals surface area (Å²) in [5, 5.41) is 0. The summed E-state index contributed by atoms with van der Waals surface area (Å²) in [6.45, 7) is 4.62. The Bertz CT molecular complexity index is 840. The summed E-state index contributed by atoms with van der Waals surface area (Å²) < 4.78 is 5.85. The van der Waals surface area contributed by atoms with Crippen LogP contribution in [0, 0.1) is 9.35 Å². The number of benzene rings is 2. The second-order valence-corrected chi connectivity index (χ2v) is 12.8. The van der Waals surface area contributed by atoms with Crippen LogP contribution in [-0.4, -0.2) is 0 Å². The fourth-order valence-electron chi connectivity index (χ4n) is 5.09. The van der Waals surface area contributed by atoms with Crippen LogP contribution in [0.1, 0.15) is 94.7 Å². The van der Waals surface area contributed by atoms with Crippen LogP contribution >= 0.6 is 0 Å². The average molecular weight is 573 g/mol. The van der Waals surface area contributed by atoms with Gasteiger partial charge in [-0.2, -0.15) is 0 Å². The topological polar surface area (TPSA) is 0 Å². The van der Waals surface area contributed by atoms with Crippen molar-refractivity contribution in [1.82, 2.24) is 0 Å². The van der Waals surface area contributed by atoms with Gasteiger partial charge in [0.1, 0.15) is 0 Å². The molecule has 0 unspecified atom stereocenters. The Kier molecular flexibility index (Phi) is 8.86. The minimum atomic E-state index is -0.904. The summed E-state index contributed by atoms with van der Waals surface area (Å²) in [7, 11) is 0. The van der Waals surface area contributed by atoms with E-state index < -0.39 is 24.6 Å². The van der Waals surface area contributed by atoms with Gasteiger partial charge in [0, 0.05) is 0 Å². The molecule has 0 fully saturated rings. The van der Waals surface area contributed by atoms with Crippen LogP contribution in [0.5, 0.6) is 0 Å². The zero-order chi connectivity index (χ0) is 20.5. The van der Waals surface area contributed by atoms with Gasteiger partial charge in [-0.15, -0.1) is 0 Å². The quantitative estimate of drug-likeness (QED) is 0.152. The van der Waals surface area contributed by atoms with Crippen molar-refractivity contribution in [3.05, 3.63) is 59.2 Å². The third-order valence-electron chi connectivity index (χ3n) is 6.59. The second kappa shape index (κ2) is 11.4. The van der Waals surface area contributed by atoms with Crippen LogP contribution < -0.4 is 0 Å². The Balaban J connectivity index is 2.03. The molecular formula is C28H36Hg. The molecule has 0 bridgehead atoms. The molecule has 0 heterocycles. The first-order chi connectivity index (χ1) is 14.3. The van der Waals surface area contributed by atoms with Crippen LogP contribution in [0.3, 0.4) is 0 Å². The molecule has 0 saturated carbocycles. The predicted molar refractivity (Wildman–Crippen MR) is 123 cm³/mol. The van der Waals surface area contributed by atoms with Crippen LogP contribution in [0.15, 0.2) is 42.5 Å². The van der Waals surface area contributed by atoms with E-state index >= 15 is 0 Å². The van der Waals surface area contributed by atoms with Crippen LogP contribution in [0.2, 0.25) is 4.43 Å². The maximum absolute atomic E-state index is 3.50. The molecule has 0 atom stereocenters. The Morgan fingerprint density at radius 1 is 0.759 bits per heavy atom. The monoisotopic (exact) mass is 574 g/mol. The predicted octanol–water partition coefficient (Wildman–Crippen LogP) is 8.33. The first kappa shape index (κ1) is 22.6. The zero-order valence-electron chi connectivity index (χ0n) is 18.8. The van der Waals surface area contributed by atoms with Crippen molar-refractivity contribution in [2.45, 2.75) is 87.9 Å². The fourth-order valence-corrected chi connectivity index (χ4v) is 6.58. The van der Waals surface area contributed by atoms with E-state index in [2.05, 4.69) is 70.1 Å². The molecule has 150 valence electrons. The first-order valence-corrected chi connectivity index (χ1v) is 20.2. The van der Waals surface area contributed by atoms with Gasteiger partial charge in [-0.05, 0) is 0 Å². The van der Waals surface area contributed by atoms with Crippen molar-refractivity contribution in [2.24, 2.45) is 0 Å². The molecule has 0 aromatic heterocycles. The summed E-state index contributed by atoms with van der Waals surface area (Å²) in [5.41, 5.74) is 7.54. The maximum atomic E-state index is 3.50. The molecule has 2 aromatic carbocycles. The molecule has 29 heavy (non-hydrogen) atoms. The van der Waals surface area contributed by atoms with E-state index in [0.29, 0.717) is 0 Å². The van der Waals surface area contributed by atoms with Crippen LogP contribution in [0.4, 0.5) is 0 Å². The fraction of sp³-hybridized carbons (Fsp3) is 0.500. The number of fused-ring (bicyclic) bond motifs is 3. The molecule has 3 rings (SSSR count). The van der Waals surface area contributed by atoms with Crippen molar-refractivity contribution < 1.29 is 24.6 Å². The van der Waals surface area contributed by atoms with E-state index in [0.717, 1.165) is 0 Å². The van der Waals surface area contributed by atoms with Crippen LogP contribution in [-0.2, 0) is 30.0 Å². The van der Waals surface area contributed by atoms with Gasteiger partial charge in [-0.3, -0.25) is 0 Å². The number of unbranched alkanes of at least 4 members (excludes halogenated alkanes) is 6. The minimum absolute atomic E-state index is 0.196. The van der Waals surface area contributed by atoms with Gasteiger partial charge >= 0.3 is 192 Å². The van der Waals surface area contributed by atoms with Gasteiger partial charge in [0.2, 0.25) is 0 Å². The van der Waals surface area contributed by atoms with E-state index in [9.17, 15) is 0 Å². The molecule has 0 aliphatic heterocycles. The molecule has 1 aliphatic carbocycles. The number of rotatable bonds is 10. The molecule has 1 heteroatoms. The summed E-state index contributed by atoms with van der Waals surface area (Å²) in [5.74, 6) is 3.49. The molecule has 0 spiro atoms. The molecule has 2 aromatic rings. The van der Waals surface area contributed by atoms with E-state index in [4.69, 9.17) is 0 Å². The van der Waals surface area contributed by atoms with Gasteiger partial charge in [0.15, 0.2) is 0 Å². The molecule has 0 nitrogen and oxygen atoms in total. The summed E-state index contributed by atoms with van der Waals surface area (Å²) in [6, 6.07) is 16.3. The summed E-state index contributed by atoms with van der Waals surface area (Å²) >= 11 is -0.904. The van der Waals surface area contributed by atoms with Gasteiger partial charge in [0.25, 0.3) is 0 Å². The number of hydrogen-bond acceptors (Lipinski definition) is 0. The van der Waals surface area contributed by atoms with Crippen molar-refractivity contribution in [2.75, 3.05) is 0 Å². The van der Waals surface area contributed by atoms with Gasteiger partial charge in [0.05, 0.1) is 0 Å². The van der Waals surface area contributed by atoms with Gasteiger partial charge < -0.3 is 0 Å². The molecule has 0 N–H and O–H groups in total. The van der Waals surface area contributed by atoms with Crippen molar-refractivity contribution in [3.8, 4) is 20.5 Å². The average Bonchev–Trinajstić information content (AvgIpc) is 3.03. The zero-order valence-corrected chi connectivity index (χ0v) is 24.3. The Morgan fingerprint density at radius 3 is 2.07 bits per heavy atom. The molecular weight excluding hydrogens is 537 g/mol. The van der Waals surface area contributed by atoms with Crippen molar-refractivity contribution in [3.63, 3.8) is 0 Å². The first-order valence-electron chi connectivity index (χ1n) is 12.0. The number of hydrogen-bond donors (Lipinski definition) is 0. The third-order valence-corrected chi connectivity index (χ3v) is 8.65. The normalized spacial score (nSPS) is 13.2.